The molecule has 0 fully saturated rings. The van der Waals surface area contributed by atoms with E-state index in [4.69, 9.17) is 4.74 Å². The van der Waals surface area contributed by atoms with Crippen LogP contribution in [0.2, 0.25) is 0 Å². The lowest BCUT2D eigenvalue weighted by atomic mass is 10.00. The van der Waals surface area contributed by atoms with Crippen molar-refractivity contribution in [2.24, 2.45) is 0 Å². The molecule has 2 aromatic carbocycles. The maximum atomic E-state index is 12.0. The fraction of sp³-hybridized carbons (Fsp3) is 0.364. The third-order valence-corrected chi connectivity index (χ3v) is 4.02. The van der Waals surface area contributed by atoms with E-state index in [9.17, 15) is 14.7 Å². The molecule has 0 radical (unpaired) electrons. The lowest BCUT2D eigenvalue weighted by molar-refractivity contribution is -0.139. The minimum absolute atomic E-state index is 0.178. The molecular formula is C22H28N2O4. The second kappa shape index (κ2) is 9.90. The number of nitrogens with one attached hydrogen (secondary N) is 2. The van der Waals surface area contributed by atoms with Gasteiger partial charge in [-0.2, -0.15) is 0 Å². The fourth-order valence-corrected chi connectivity index (χ4v) is 2.74. The lowest BCUT2D eigenvalue weighted by Gasteiger charge is -2.22. The highest BCUT2D eigenvalue weighted by molar-refractivity contribution is 5.80. The van der Waals surface area contributed by atoms with Crippen molar-refractivity contribution in [1.82, 2.24) is 10.6 Å². The molecule has 1 unspecified atom stereocenters. The van der Waals surface area contributed by atoms with E-state index in [1.165, 1.54) is 5.56 Å². The van der Waals surface area contributed by atoms with Crippen molar-refractivity contribution >= 4 is 12.1 Å². The molecule has 0 bridgehead atoms. The topological polar surface area (TPSA) is 87.7 Å². The molecule has 28 heavy (non-hydrogen) atoms. The van der Waals surface area contributed by atoms with Gasteiger partial charge >= 0.3 is 12.1 Å². The van der Waals surface area contributed by atoms with Gasteiger partial charge in [0.1, 0.15) is 11.6 Å². The van der Waals surface area contributed by atoms with Crippen molar-refractivity contribution in [1.29, 1.82) is 0 Å². The molecule has 0 aliphatic rings. The van der Waals surface area contributed by atoms with Gasteiger partial charge in [0.2, 0.25) is 0 Å². The zero-order valence-electron chi connectivity index (χ0n) is 16.6. The number of carboxylic acid groups (broad SMARTS) is 1. The molecule has 0 aliphatic heterocycles. The van der Waals surface area contributed by atoms with Gasteiger partial charge in [0.15, 0.2) is 0 Å². The summed E-state index contributed by atoms with van der Waals surface area (Å²) in [5, 5.41) is 15.3. The van der Waals surface area contributed by atoms with Gasteiger partial charge in [-0.1, -0.05) is 54.6 Å². The van der Waals surface area contributed by atoms with Crippen LogP contribution in [0.4, 0.5) is 4.79 Å². The molecule has 0 saturated carbocycles. The van der Waals surface area contributed by atoms with E-state index >= 15 is 0 Å². The predicted octanol–water partition coefficient (Wildman–Crippen LogP) is 3.50. The van der Waals surface area contributed by atoms with Gasteiger partial charge in [0.25, 0.3) is 0 Å². The number of ether oxygens (including phenoxy) is 1. The van der Waals surface area contributed by atoms with Gasteiger partial charge in [-0.05, 0) is 37.5 Å². The molecule has 150 valence electrons. The Labute approximate surface area is 165 Å². The van der Waals surface area contributed by atoms with Crippen LogP contribution in [0.3, 0.4) is 0 Å². The molecule has 6 nitrogen and oxygen atoms in total. The Kier molecular flexibility index (Phi) is 7.58. The number of aliphatic carboxylic acids is 1. The van der Waals surface area contributed by atoms with Crippen molar-refractivity contribution in [2.75, 3.05) is 0 Å². The largest absolute Gasteiger partial charge is 0.480 e. The van der Waals surface area contributed by atoms with Crippen molar-refractivity contribution in [3.63, 3.8) is 0 Å². The second-order valence-electron chi connectivity index (χ2n) is 7.60. The van der Waals surface area contributed by atoms with Crippen molar-refractivity contribution in [3.8, 4) is 0 Å². The Morgan fingerprint density at radius 3 is 2.18 bits per heavy atom. The van der Waals surface area contributed by atoms with Crippen LogP contribution in [-0.2, 0) is 29.0 Å². The van der Waals surface area contributed by atoms with E-state index in [0.29, 0.717) is 13.1 Å². The van der Waals surface area contributed by atoms with E-state index in [1.54, 1.807) is 20.8 Å². The summed E-state index contributed by atoms with van der Waals surface area (Å²) in [7, 11) is 0. The summed E-state index contributed by atoms with van der Waals surface area (Å²) in [6, 6.07) is 16.6. The van der Waals surface area contributed by atoms with Crippen LogP contribution >= 0.6 is 0 Å². The first-order chi connectivity index (χ1) is 13.2. The van der Waals surface area contributed by atoms with Crippen molar-refractivity contribution < 1.29 is 19.4 Å². The number of benzene rings is 2. The van der Waals surface area contributed by atoms with Gasteiger partial charge in [-0.25, -0.2) is 9.59 Å². The Morgan fingerprint density at radius 1 is 0.964 bits per heavy atom. The first kappa shape index (κ1) is 21.4. The highest BCUT2D eigenvalue weighted by atomic mass is 16.6. The van der Waals surface area contributed by atoms with E-state index in [-0.39, 0.29) is 6.42 Å². The molecule has 0 spiro atoms. The molecule has 2 aromatic rings. The summed E-state index contributed by atoms with van der Waals surface area (Å²) < 4.78 is 5.17. The van der Waals surface area contributed by atoms with Crippen LogP contribution < -0.4 is 10.6 Å². The van der Waals surface area contributed by atoms with Crippen LogP contribution in [0.1, 0.15) is 37.5 Å². The summed E-state index contributed by atoms with van der Waals surface area (Å²) in [6.45, 7) is 6.51. The average Bonchev–Trinajstić information content (AvgIpc) is 2.62. The van der Waals surface area contributed by atoms with Gasteiger partial charge in [0.05, 0.1) is 0 Å². The Bertz CT molecular complexity index is 785. The zero-order chi connectivity index (χ0) is 20.6. The second-order valence-corrected chi connectivity index (χ2v) is 7.60. The third kappa shape index (κ3) is 7.40. The third-order valence-electron chi connectivity index (χ3n) is 4.02. The first-order valence-electron chi connectivity index (χ1n) is 9.28. The van der Waals surface area contributed by atoms with E-state index in [1.807, 2.05) is 54.6 Å². The fourth-order valence-electron chi connectivity index (χ4n) is 2.74. The monoisotopic (exact) mass is 384 g/mol. The van der Waals surface area contributed by atoms with E-state index < -0.39 is 23.7 Å². The first-order valence-corrected chi connectivity index (χ1v) is 9.28. The predicted molar refractivity (Wildman–Crippen MR) is 108 cm³/mol. The van der Waals surface area contributed by atoms with Gasteiger partial charge in [-0.3, -0.25) is 0 Å². The van der Waals surface area contributed by atoms with Gasteiger partial charge in [-0.15, -0.1) is 0 Å². The lowest BCUT2D eigenvalue weighted by Crippen LogP contribution is -2.44. The summed E-state index contributed by atoms with van der Waals surface area (Å²) in [5.41, 5.74) is 2.35. The number of hydrogen-bond acceptors (Lipinski definition) is 4. The van der Waals surface area contributed by atoms with Crippen molar-refractivity contribution in [3.05, 3.63) is 71.3 Å². The maximum absolute atomic E-state index is 12.0. The van der Waals surface area contributed by atoms with E-state index in [2.05, 4.69) is 10.6 Å². The maximum Gasteiger partial charge on any atom is 0.408 e. The molecule has 6 heteroatoms. The molecule has 0 aromatic heterocycles. The van der Waals surface area contributed by atoms with Crippen LogP contribution in [0.25, 0.3) is 0 Å². The number of alkyl carbamates (subject to hydrolysis) is 1. The molecular weight excluding hydrogens is 356 g/mol. The number of carbonyl (C=O) groups excluding carboxylic acids is 1. The zero-order valence-corrected chi connectivity index (χ0v) is 16.6. The minimum atomic E-state index is -1.10. The van der Waals surface area contributed by atoms with Gasteiger partial charge < -0.3 is 20.5 Å². The summed E-state index contributed by atoms with van der Waals surface area (Å²) >= 11 is 0. The standard InChI is InChI=1S/C22H28N2O4/c1-22(2,3)28-21(27)24-19(20(25)26)13-17-11-7-8-12-18(17)15-23-14-16-9-5-4-6-10-16/h4-12,19,23H,13-15H2,1-3H3,(H,24,27)(H,25,26). The molecule has 1 amide bonds. The summed E-state index contributed by atoms with van der Waals surface area (Å²) in [5.74, 6) is -1.10. The van der Waals surface area contributed by atoms with Crippen LogP contribution in [0, 0.1) is 0 Å². The summed E-state index contributed by atoms with van der Waals surface area (Å²) in [4.78, 5) is 23.6. The highest BCUT2D eigenvalue weighted by Gasteiger charge is 2.24. The molecule has 0 saturated heterocycles. The quantitative estimate of drug-likeness (QED) is 0.648. The number of carboxylic acids is 1. The Balaban J connectivity index is 2.00. The van der Waals surface area contributed by atoms with Crippen molar-refractivity contribution in [2.45, 2.75) is 51.9 Å². The molecule has 3 N–H and O–H groups in total. The summed E-state index contributed by atoms with van der Waals surface area (Å²) in [6.07, 6.45) is -0.558. The van der Waals surface area contributed by atoms with Crippen LogP contribution in [0.5, 0.6) is 0 Å². The molecule has 2 rings (SSSR count). The van der Waals surface area contributed by atoms with Crippen LogP contribution in [0.15, 0.2) is 54.6 Å². The Hall–Kier alpha value is -2.86. The van der Waals surface area contributed by atoms with Gasteiger partial charge in [0, 0.05) is 19.5 Å². The smallest absolute Gasteiger partial charge is 0.408 e. The highest BCUT2D eigenvalue weighted by Crippen LogP contribution is 2.13. The minimum Gasteiger partial charge on any atom is -0.480 e. The number of carbonyl (C=O) groups is 2. The molecule has 0 aliphatic carbocycles. The molecule has 0 heterocycles. The normalized spacial score (nSPS) is 12.2. The Morgan fingerprint density at radius 2 is 1.57 bits per heavy atom. The number of rotatable bonds is 8. The van der Waals surface area contributed by atoms with Crippen LogP contribution in [-0.4, -0.2) is 28.8 Å². The number of amides is 1. The van der Waals surface area contributed by atoms with E-state index in [0.717, 1.165) is 11.1 Å². The average molecular weight is 384 g/mol. The molecule has 1 atom stereocenters. The number of hydrogen-bond donors (Lipinski definition) is 3. The SMILES string of the molecule is CC(C)(C)OC(=O)NC(Cc1ccccc1CNCc1ccccc1)C(=O)O.